The molecule has 2 unspecified atom stereocenters. The zero-order valence-electron chi connectivity index (χ0n) is 19.9. The maximum Gasteiger partial charge on any atom is 0.407 e. The second kappa shape index (κ2) is 13.1. The van der Waals surface area contributed by atoms with Gasteiger partial charge in [-0.1, -0.05) is 12.1 Å². The minimum absolute atomic E-state index is 0.0692. The van der Waals surface area contributed by atoms with Gasteiger partial charge in [0.1, 0.15) is 16.9 Å². The molecule has 14 heteroatoms. The number of aromatic nitrogens is 2. The number of nitrogens with one attached hydrogen (secondary N) is 2. The molecular formula is C21H28N4O8S2. The van der Waals surface area contributed by atoms with Crippen molar-refractivity contribution in [2.75, 3.05) is 26.6 Å². The standard InChI is InChI=1S/C21H28N4O8S2/c1-6-32-21(29)22-9-13-23-18(33-25-13)16(34)17(27)24-19(35-7-2)15-11(26)8-12(30-4)10(3)14(15)20(28)31-5/h8,16,19,26,34H,6-7,9H2,1-5H3,(H,22,29)(H,24,27). The van der Waals surface area contributed by atoms with Crippen molar-refractivity contribution in [3.63, 3.8) is 0 Å². The number of phenolic OH excluding ortho intramolecular Hbond substituents is 1. The lowest BCUT2D eigenvalue weighted by molar-refractivity contribution is -0.121. The molecule has 2 atom stereocenters. The van der Waals surface area contributed by atoms with Crippen molar-refractivity contribution in [3.05, 3.63) is 34.5 Å². The number of thioether (sulfide) groups is 1. The fourth-order valence-corrected chi connectivity index (χ4v) is 4.19. The number of ether oxygens (including phenoxy) is 3. The van der Waals surface area contributed by atoms with Gasteiger partial charge in [-0.05, 0) is 19.6 Å². The van der Waals surface area contributed by atoms with Crippen molar-refractivity contribution in [1.29, 1.82) is 0 Å². The Labute approximate surface area is 211 Å². The van der Waals surface area contributed by atoms with Gasteiger partial charge in [-0.2, -0.15) is 17.6 Å². The number of carbonyl (C=O) groups excluding carboxylic acids is 3. The van der Waals surface area contributed by atoms with Crippen LogP contribution in [0.25, 0.3) is 0 Å². The number of carbonyl (C=O) groups is 3. The molecule has 0 aliphatic heterocycles. The van der Waals surface area contributed by atoms with Crippen molar-refractivity contribution in [2.45, 2.75) is 37.9 Å². The second-order valence-electron chi connectivity index (χ2n) is 6.87. The zero-order valence-corrected chi connectivity index (χ0v) is 21.6. The van der Waals surface area contributed by atoms with E-state index >= 15 is 0 Å². The summed E-state index contributed by atoms with van der Waals surface area (Å²) in [5, 5.41) is 17.6. The molecule has 1 aromatic carbocycles. The molecule has 0 bridgehead atoms. The first-order chi connectivity index (χ1) is 16.7. The number of thiol groups is 1. The van der Waals surface area contributed by atoms with Crippen molar-refractivity contribution in [2.24, 2.45) is 0 Å². The third-order valence-corrected chi connectivity index (χ3v) is 6.14. The first-order valence-corrected chi connectivity index (χ1v) is 12.1. The molecule has 2 aromatic rings. The van der Waals surface area contributed by atoms with Crippen LogP contribution in [-0.2, 0) is 20.8 Å². The fraction of sp³-hybridized carbons (Fsp3) is 0.476. The Morgan fingerprint density at radius 1 is 1.29 bits per heavy atom. The summed E-state index contributed by atoms with van der Waals surface area (Å²) in [6.45, 7) is 5.31. The van der Waals surface area contributed by atoms with Crippen LogP contribution >= 0.6 is 24.4 Å². The van der Waals surface area contributed by atoms with Crippen LogP contribution in [0, 0.1) is 6.92 Å². The number of phenols is 1. The van der Waals surface area contributed by atoms with E-state index in [4.69, 9.17) is 18.7 Å². The van der Waals surface area contributed by atoms with Crippen LogP contribution in [0.15, 0.2) is 10.6 Å². The van der Waals surface area contributed by atoms with Gasteiger partial charge in [0.2, 0.25) is 11.8 Å². The Balaban J connectivity index is 2.29. The normalized spacial score (nSPS) is 12.4. The predicted molar refractivity (Wildman–Crippen MR) is 130 cm³/mol. The zero-order chi connectivity index (χ0) is 26.1. The molecule has 0 saturated carbocycles. The summed E-state index contributed by atoms with van der Waals surface area (Å²) >= 11 is 5.55. The molecule has 0 spiro atoms. The van der Waals surface area contributed by atoms with E-state index in [1.165, 1.54) is 32.0 Å². The fourth-order valence-electron chi connectivity index (χ4n) is 3.07. The summed E-state index contributed by atoms with van der Waals surface area (Å²) in [4.78, 5) is 41.1. The van der Waals surface area contributed by atoms with Gasteiger partial charge in [0.25, 0.3) is 0 Å². The summed E-state index contributed by atoms with van der Waals surface area (Å²) in [5.74, 6) is -0.708. The van der Waals surface area contributed by atoms with E-state index in [1.807, 2.05) is 6.92 Å². The molecule has 35 heavy (non-hydrogen) atoms. The average Bonchev–Trinajstić information content (AvgIpc) is 3.31. The number of nitrogens with zero attached hydrogens (tertiary/aromatic N) is 2. The third-order valence-electron chi connectivity index (χ3n) is 4.67. The molecular weight excluding hydrogens is 500 g/mol. The smallest absolute Gasteiger partial charge is 0.407 e. The Hall–Kier alpha value is -3.13. The largest absolute Gasteiger partial charge is 0.507 e. The van der Waals surface area contributed by atoms with Crippen LogP contribution in [0.1, 0.15) is 57.7 Å². The Kier molecular flexibility index (Phi) is 10.5. The number of alkyl carbamates (subject to hydrolysis) is 1. The van der Waals surface area contributed by atoms with Crippen LogP contribution < -0.4 is 15.4 Å². The number of aromatic hydroxyl groups is 1. The minimum atomic E-state index is -1.16. The van der Waals surface area contributed by atoms with E-state index in [0.29, 0.717) is 17.1 Å². The monoisotopic (exact) mass is 528 g/mol. The number of hydrogen-bond donors (Lipinski definition) is 4. The number of amides is 2. The van der Waals surface area contributed by atoms with Crippen molar-refractivity contribution >= 4 is 42.4 Å². The van der Waals surface area contributed by atoms with Gasteiger partial charge in [-0.3, -0.25) is 4.79 Å². The topological polar surface area (TPSA) is 162 Å². The van der Waals surface area contributed by atoms with Gasteiger partial charge in [0.05, 0.1) is 32.9 Å². The van der Waals surface area contributed by atoms with Crippen molar-refractivity contribution < 1.29 is 38.2 Å². The summed E-state index contributed by atoms with van der Waals surface area (Å²) in [6.07, 6.45) is -0.644. The molecule has 2 amide bonds. The molecule has 0 fully saturated rings. The number of esters is 1. The average molecular weight is 529 g/mol. The summed E-state index contributed by atoms with van der Waals surface area (Å²) in [7, 11) is 2.63. The molecule has 3 N–H and O–H groups in total. The maximum absolute atomic E-state index is 13.0. The van der Waals surface area contributed by atoms with Gasteiger partial charge < -0.3 is 34.5 Å². The van der Waals surface area contributed by atoms with E-state index in [9.17, 15) is 19.5 Å². The van der Waals surface area contributed by atoms with E-state index < -0.39 is 28.6 Å². The van der Waals surface area contributed by atoms with Gasteiger partial charge >= 0.3 is 12.1 Å². The number of methoxy groups -OCH3 is 2. The van der Waals surface area contributed by atoms with Crippen molar-refractivity contribution in [1.82, 2.24) is 20.8 Å². The maximum atomic E-state index is 13.0. The SMILES string of the molecule is CCOC(=O)NCc1noc(C(S)C(=O)NC(SCC)c2c(O)cc(OC)c(C)c2C(=O)OC)n1. The number of benzene rings is 1. The van der Waals surface area contributed by atoms with Crippen LogP contribution in [-0.4, -0.2) is 59.8 Å². The molecule has 12 nitrogen and oxygen atoms in total. The van der Waals surface area contributed by atoms with Crippen LogP contribution in [0.3, 0.4) is 0 Å². The summed E-state index contributed by atoms with van der Waals surface area (Å²) in [6, 6.07) is 1.37. The minimum Gasteiger partial charge on any atom is -0.507 e. The van der Waals surface area contributed by atoms with Gasteiger partial charge in [-0.15, -0.1) is 11.8 Å². The highest BCUT2D eigenvalue weighted by Gasteiger charge is 2.31. The molecule has 0 aliphatic rings. The quantitative estimate of drug-likeness (QED) is 0.193. The highest BCUT2D eigenvalue weighted by Crippen LogP contribution is 2.41. The first kappa shape index (κ1) is 28.1. The predicted octanol–water partition coefficient (Wildman–Crippen LogP) is 2.66. The van der Waals surface area contributed by atoms with E-state index in [0.717, 1.165) is 0 Å². The molecule has 192 valence electrons. The Morgan fingerprint density at radius 3 is 2.60 bits per heavy atom. The van der Waals surface area contributed by atoms with Gasteiger partial charge in [-0.25, -0.2) is 9.59 Å². The Morgan fingerprint density at radius 2 is 2.00 bits per heavy atom. The van der Waals surface area contributed by atoms with Gasteiger partial charge in [0, 0.05) is 17.2 Å². The lowest BCUT2D eigenvalue weighted by atomic mass is 9.99. The number of rotatable bonds is 11. The molecule has 2 rings (SSSR count). The molecule has 0 radical (unpaired) electrons. The second-order valence-corrected chi connectivity index (χ2v) is 8.77. The molecule has 0 aliphatic carbocycles. The third kappa shape index (κ3) is 6.94. The first-order valence-electron chi connectivity index (χ1n) is 10.5. The van der Waals surface area contributed by atoms with E-state index in [1.54, 1.807) is 13.8 Å². The molecule has 0 saturated heterocycles. The summed E-state index contributed by atoms with van der Waals surface area (Å²) < 4.78 is 20.0. The number of hydrogen-bond acceptors (Lipinski definition) is 12. The van der Waals surface area contributed by atoms with Gasteiger partial charge in [0.15, 0.2) is 11.1 Å². The molecule has 1 heterocycles. The Bertz CT molecular complexity index is 1060. The highest BCUT2D eigenvalue weighted by molar-refractivity contribution is 7.99. The summed E-state index contributed by atoms with van der Waals surface area (Å²) in [5.41, 5.74) is 0.693. The van der Waals surface area contributed by atoms with Crippen molar-refractivity contribution in [3.8, 4) is 11.5 Å². The van der Waals surface area contributed by atoms with Crippen LogP contribution in [0.2, 0.25) is 0 Å². The van der Waals surface area contributed by atoms with Crippen LogP contribution in [0.4, 0.5) is 4.79 Å². The van der Waals surface area contributed by atoms with Crippen LogP contribution in [0.5, 0.6) is 11.5 Å². The lowest BCUT2D eigenvalue weighted by Gasteiger charge is -2.24. The molecule has 1 aromatic heterocycles. The lowest BCUT2D eigenvalue weighted by Crippen LogP contribution is -2.31. The van der Waals surface area contributed by atoms with E-state index in [2.05, 4.69) is 33.4 Å². The van der Waals surface area contributed by atoms with E-state index in [-0.39, 0.29) is 41.7 Å². The highest BCUT2D eigenvalue weighted by atomic mass is 32.2.